The van der Waals surface area contributed by atoms with Crippen molar-refractivity contribution in [2.75, 3.05) is 0 Å². The lowest BCUT2D eigenvalue weighted by atomic mass is 10.0. The smallest absolute Gasteiger partial charge is 0.243 e. The molecule has 0 heterocycles. The van der Waals surface area contributed by atoms with Crippen LogP contribution in [0.2, 0.25) is 5.02 Å². The van der Waals surface area contributed by atoms with Gasteiger partial charge in [-0.25, -0.2) is 4.39 Å². The minimum Gasteiger partial charge on any atom is -0.352 e. The van der Waals surface area contributed by atoms with Gasteiger partial charge >= 0.3 is 0 Å². The van der Waals surface area contributed by atoms with E-state index in [4.69, 9.17) is 11.6 Å². The molecule has 1 N–H and O–H groups in total. The van der Waals surface area contributed by atoms with Gasteiger partial charge in [0.1, 0.15) is 11.9 Å². The monoisotopic (exact) mass is 570 g/mol. The van der Waals surface area contributed by atoms with Gasteiger partial charge in [0.2, 0.25) is 11.8 Å². The number of rotatable bonds is 9. The van der Waals surface area contributed by atoms with Gasteiger partial charge in [-0.05, 0) is 48.2 Å². The Morgan fingerprint density at radius 3 is 2.33 bits per heavy atom. The first-order chi connectivity index (χ1) is 17.4. The topological polar surface area (TPSA) is 49.4 Å². The first kappa shape index (κ1) is 26.4. The standard InChI is InChI=1S/C29H29BrClFN2O2/c30-22-15-13-21(14-16-22)19-34(28(35)18-24-25(31)11-6-12-26(24)32)27(17-20-7-2-1-3-8-20)29(36)33-23-9-4-5-10-23/h1-3,6-8,11-16,23,27H,4-5,9-10,17-19H2,(H,33,36). The highest BCUT2D eigenvalue weighted by molar-refractivity contribution is 9.10. The second-order valence-electron chi connectivity index (χ2n) is 9.22. The van der Waals surface area contributed by atoms with Crippen molar-refractivity contribution in [1.82, 2.24) is 10.2 Å². The lowest BCUT2D eigenvalue weighted by Crippen LogP contribution is -2.52. The molecule has 1 fully saturated rings. The summed E-state index contributed by atoms with van der Waals surface area (Å²) in [4.78, 5) is 29.0. The molecule has 0 saturated heterocycles. The first-order valence-corrected chi connectivity index (χ1v) is 13.4. The number of nitrogens with zero attached hydrogens (tertiary/aromatic N) is 1. The number of hydrogen-bond acceptors (Lipinski definition) is 2. The molecule has 4 rings (SSSR count). The maximum atomic E-state index is 14.6. The molecule has 0 spiro atoms. The van der Waals surface area contributed by atoms with Crippen LogP contribution in [0, 0.1) is 5.82 Å². The summed E-state index contributed by atoms with van der Waals surface area (Å²) in [6.07, 6.45) is 4.17. The Kier molecular flexibility index (Phi) is 9.16. The van der Waals surface area contributed by atoms with Crippen LogP contribution in [0.25, 0.3) is 0 Å². The number of carbonyl (C=O) groups is 2. The Bertz CT molecular complexity index is 1160. The molecular weight excluding hydrogens is 543 g/mol. The molecule has 1 aliphatic carbocycles. The van der Waals surface area contributed by atoms with E-state index in [0.717, 1.165) is 41.3 Å². The summed E-state index contributed by atoms with van der Waals surface area (Å²) < 4.78 is 15.5. The summed E-state index contributed by atoms with van der Waals surface area (Å²) in [5.74, 6) is -1.07. The molecule has 1 saturated carbocycles. The molecule has 36 heavy (non-hydrogen) atoms. The Hall–Kier alpha value is -2.70. The Labute approximate surface area is 225 Å². The van der Waals surface area contributed by atoms with Crippen molar-refractivity contribution in [2.45, 2.75) is 57.2 Å². The first-order valence-electron chi connectivity index (χ1n) is 12.2. The molecule has 0 aliphatic heterocycles. The second kappa shape index (κ2) is 12.5. The van der Waals surface area contributed by atoms with Crippen LogP contribution in [-0.4, -0.2) is 28.8 Å². The number of carbonyl (C=O) groups excluding carboxylic acids is 2. The zero-order valence-electron chi connectivity index (χ0n) is 19.9. The maximum absolute atomic E-state index is 14.6. The molecule has 3 aromatic carbocycles. The Morgan fingerprint density at radius 1 is 0.972 bits per heavy atom. The van der Waals surface area contributed by atoms with E-state index in [1.807, 2.05) is 54.6 Å². The number of halogens is 3. The molecule has 4 nitrogen and oxygen atoms in total. The van der Waals surface area contributed by atoms with Gasteiger partial charge < -0.3 is 10.2 Å². The molecule has 1 aliphatic rings. The predicted octanol–water partition coefficient (Wildman–Crippen LogP) is 6.48. The number of nitrogens with one attached hydrogen (secondary N) is 1. The average molecular weight is 572 g/mol. The highest BCUT2D eigenvalue weighted by Gasteiger charge is 2.32. The fraction of sp³-hybridized carbons (Fsp3) is 0.310. The van der Waals surface area contributed by atoms with E-state index >= 15 is 0 Å². The Balaban J connectivity index is 1.68. The highest BCUT2D eigenvalue weighted by atomic mass is 79.9. The van der Waals surface area contributed by atoms with Crippen molar-refractivity contribution in [3.63, 3.8) is 0 Å². The van der Waals surface area contributed by atoms with E-state index in [-0.39, 0.29) is 41.4 Å². The molecule has 0 radical (unpaired) electrons. The maximum Gasteiger partial charge on any atom is 0.243 e. The van der Waals surface area contributed by atoms with E-state index in [9.17, 15) is 14.0 Å². The third-order valence-corrected chi connectivity index (χ3v) is 7.51. The van der Waals surface area contributed by atoms with Gasteiger partial charge in [0, 0.05) is 34.1 Å². The average Bonchev–Trinajstić information content (AvgIpc) is 3.38. The molecule has 3 aromatic rings. The minimum atomic E-state index is -0.755. The number of amides is 2. The quantitative estimate of drug-likeness (QED) is 0.319. The van der Waals surface area contributed by atoms with Gasteiger partial charge in [0.05, 0.1) is 6.42 Å². The summed E-state index contributed by atoms with van der Waals surface area (Å²) >= 11 is 9.69. The van der Waals surface area contributed by atoms with Gasteiger partial charge in [0.25, 0.3) is 0 Å². The fourth-order valence-electron chi connectivity index (χ4n) is 4.66. The van der Waals surface area contributed by atoms with Crippen LogP contribution in [0.4, 0.5) is 4.39 Å². The summed E-state index contributed by atoms with van der Waals surface area (Å²) in [7, 11) is 0. The zero-order valence-corrected chi connectivity index (χ0v) is 22.3. The van der Waals surface area contributed by atoms with Crippen molar-refractivity contribution in [2.24, 2.45) is 0 Å². The van der Waals surface area contributed by atoms with Crippen LogP contribution in [-0.2, 0) is 29.0 Å². The van der Waals surface area contributed by atoms with Crippen molar-refractivity contribution in [3.05, 3.63) is 105 Å². The normalized spacial score (nSPS) is 14.4. The summed E-state index contributed by atoms with van der Waals surface area (Å²) in [5.41, 5.74) is 1.96. The van der Waals surface area contributed by atoms with Crippen molar-refractivity contribution in [3.8, 4) is 0 Å². The van der Waals surface area contributed by atoms with Gasteiger partial charge in [-0.2, -0.15) is 0 Å². The summed E-state index contributed by atoms with van der Waals surface area (Å²) in [6.45, 7) is 0.216. The molecule has 1 atom stereocenters. The lowest BCUT2D eigenvalue weighted by molar-refractivity contribution is -0.141. The van der Waals surface area contributed by atoms with E-state index in [1.54, 1.807) is 11.0 Å². The van der Waals surface area contributed by atoms with Crippen LogP contribution in [0.3, 0.4) is 0 Å². The van der Waals surface area contributed by atoms with Crippen LogP contribution < -0.4 is 5.32 Å². The van der Waals surface area contributed by atoms with Gasteiger partial charge in [0.15, 0.2) is 0 Å². The second-order valence-corrected chi connectivity index (χ2v) is 10.5. The van der Waals surface area contributed by atoms with Crippen LogP contribution in [0.1, 0.15) is 42.4 Å². The van der Waals surface area contributed by atoms with Crippen molar-refractivity contribution in [1.29, 1.82) is 0 Å². The molecule has 7 heteroatoms. The van der Waals surface area contributed by atoms with E-state index in [1.165, 1.54) is 12.1 Å². The molecule has 0 bridgehead atoms. The third kappa shape index (κ3) is 6.95. The molecule has 2 amide bonds. The SMILES string of the molecule is O=C(NC1CCCC1)C(Cc1ccccc1)N(Cc1ccc(Br)cc1)C(=O)Cc1c(F)cccc1Cl. The number of benzene rings is 3. The largest absolute Gasteiger partial charge is 0.352 e. The van der Waals surface area contributed by atoms with Gasteiger partial charge in [-0.15, -0.1) is 0 Å². The van der Waals surface area contributed by atoms with Crippen LogP contribution in [0.5, 0.6) is 0 Å². The number of hydrogen-bond donors (Lipinski definition) is 1. The van der Waals surface area contributed by atoms with Gasteiger partial charge in [-0.3, -0.25) is 9.59 Å². The van der Waals surface area contributed by atoms with E-state index < -0.39 is 11.9 Å². The van der Waals surface area contributed by atoms with E-state index in [0.29, 0.717) is 6.42 Å². The van der Waals surface area contributed by atoms with E-state index in [2.05, 4.69) is 21.2 Å². The molecule has 0 aromatic heterocycles. The van der Waals surface area contributed by atoms with Crippen molar-refractivity contribution >= 4 is 39.3 Å². The molecule has 188 valence electrons. The predicted molar refractivity (Wildman–Crippen MR) is 144 cm³/mol. The van der Waals surface area contributed by atoms with Gasteiger partial charge in [-0.1, -0.05) is 88.9 Å². The van der Waals surface area contributed by atoms with Crippen molar-refractivity contribution < 1.29 is 14.0 Å². The highest BCUT2D eigenvalue weighted by Crippen LogP contribution is 2.24. The fourth-order valence-corrected chi connectivity index (χ4v) is 5.16. The summed E-state index contributed by atoms with van der Waals surface area (Å²) in [6, 6.07) is 21.0. The van der Waals surface area contributed by atoms with Crippen LogP contribution in [0.15, 0.2) is 77.3 Å². The molecule has 1 unspecified atom stereocenters. The summed E-state index contributed by atoms with van der Waals surface area (Å²) in [5, 5.41) is 3.37. The Morgan fingerprint density at radius 2 is 1.67 bits per heavy atom. The third-order valence-electron chi connectivity index (χ3n) is 6.63. The minimum absolute atomic E-state index is 0.112. The van der Waals surface area contributed by atoms with Crippen LogP contribution >= 0.6 is 27.5 Å². The zero-order chi connectivity index (χ0) is 25.5. The lowest BCUT2D eigenvalue weighted by Gasteiger charge is -2.32. The molecular formula is C29H29BrClFN2O2.